The van der Waals surface area contributed by atoms with Gasteiger partial charge in [0, 0.05) is 5.41 Å². The second-order valence-corrected chi connectivity index (χ2v) is 4.92. The average molecular weight is 168 g/mol. The minimum Gasteiger partial charge on any atom is -0.392 e. The molecule has 3 aliphatic rings. The molecule has 4 atom stereocenters. The quantitative estimate of drug-likeness (QED) is 0.568. The number of aliphatic hydroxyl groups excluding tert-OH is 1. The lowest BCUT2D eigenvalue weighted by atomic mass is 9.76. The van der Waals surface area contributed by atoms with Gasteiger partial charge in [-0.1, -0.05) is 0 Å². The molecule has 0 spiro atoms. The fraction of sp³-hybridized carbons (Fsp3) is 1.00. The van der Waals surface area contributed by atoms with E-state index < -0.39 is 5.60 Å². The Morgan fingerprint density at radius 2 is 2.00 bits per heavy atom. The Balaban J connectivity index is 2.11. The summed E-state index contributed by atoms with van der Waals surface area (Å²) < 4.78 is 0. The molecule has 0 aliphatic heterocycles. The van der Waals surface area contributed by atoms with Crippen molar-refractivity contribution in [2.45, 2.75) is 50.2 Å². The third-order valence-electron chi connectivity index (χ3n) is 4.80. The SMILES string of the molecule is OC1CC2CCC13CCCC23O. The summed E-state index contributed by atoms with van der Waals surface area (Å²) in [5.74, 6) is 0.412. The third-order valence-corrected chi connectivity index (χ3v) is 4.80. The highest BCUT2D eigenvalue weighted by Crippen LogP contribution is 2.67. The van der Waals surface area contributed by atoms with Crippen LogP contribution in [0, 0.1) is 11.3 Å². The Morgan fingerprint density at radius 1 is 1.17 bits per heavy atom. The van der Waals surface area contributed by atoms with E-state index in [1.807, 2.05) is 0 Å². The van der Waals surface area contributed by atoms with Crippen LogP contribution in [-0.2, 0) is 0 Å². The molecule has 3 rings (SSSR count). The van der Waals surface area contributed by atoms with Crippen LogP contribution in [0.1, 0.15) is 38.5 Å². The molecule has 2 bridgehead atoms. The fourth-order valence-corrected chi connectivity index (χ4v) is 4.19. The molecule has 4 unspecified atom stereocenters. The van der Waals surface area contributed by atoms with Crippen molar-refractivity contribution >= 4 is 0 Å². The summed E-state index contributed by atoms with van der Waals surface area (Å²) in [6.45, 7) is 0. The lowest BCUT2D eigenvalue weighted by Gasteiger charge is -2.34. The van der Waals surface area contributed by atoms with E-state index in [1.165, 1.54) is 0 Å². The van der Waals surface area contributed by atoms with Gasteiger partial charge < -0.3 is 10.2 Å². The predicted octanol–water partition coefficient (Wildman–Crippen LogP) is 1.06. The van der Waals surface area contributed by atoms with Crippen LogP contribution in [0.2, 0.25) is 0 Å². The summed E-state index contributed by atoms with van der Waals surface area (Å²) in [5, 5.41) is 20.3. The van der Waals surface area contributed by atoms with Crippen LogP contribution >= 0.6 is 0 Å². The van der Waals surface area contributed by atoms with Crippen molar-refractivity contribution in [1.29, 1.82) is 0 Å². The topological polar surface area (TPSA) is 40.5 Å². The highest BCUT2D eigenvalue weighted by Gasteiger charge is 2.69. The second-order valence-electron chi connectivity index (χ2n) is 4.92. The first kappa shape index (κ1) is 7.34. The zero-order valence-corrected chi connectivity index (χ0v) is 7.29. The van der Waals surface area contributed by atoms with Gasteiger partial charge in [0.15, 0.2) is 0 Å². The molecule has 3 fully saturated rings. The Bertz CT molecular complexity index is 224. The van der Waals surface area contributed by atoms with Crippen molar-refractivity contribution < 1.29 is 10.2 Å². The first-order valence-corrected chi connectivity index (χ1v) is 5.09. The molecule has 3 saturated carbocycles. The molecule has 0 radical (unpaired) electrons. The lowest BCUT2D eigenvalue weighted by Crippen LogP contribution is -2.42. The van der Waals surface area contributed by atoms with Crippen molar-refractivity contribution in [3.05, 3.63) is 0 Å². The predicted molar refractivity (Wildman–Crippen MR) is 44.6 cm³/mol. The largest absolute Gasteiger partial charge is 0.392 e. The summed E-state index contributed by atoms with van der Waals surface area (Å²) in [6, 6.07) is 0. The Kier molecular flexibility index (Phi) is 1.15. The summed E-state index contributed by atoms with van der Waals surface area (Å²) in [5.41, 5.74) is -0.538. The van der Waals surface area contributed by atoms with E-state index in [1.54, 1.807) is 0 Å². The van der Waals surface area contributed by atoms with Gasteiger partial charge in [0.2, 0.25) is 0 Å². The van der Waals surface area contributed by atoms with Crippen LogP contribution in [-0.4, -0.2) is 21.9 Å². The minimum atomic E-state index is -0.466. The summed E-state index contributed by atoms with van der Waals surface area (Å²) in [4.78, 5) is 0. The van der Waals surface area contributed by atoms with E-state index >= 15 is 0 Å². The molecule has 0 saturated heterocycles. The van der Waals surface area contributed by atoms with E-state index in [4.69, 9.17) is 0 Å². The molecule has 12 heavy (non-hydrogen) atoms. The van der Waals surface area contributed by atoms with Crippen LogP contribution in [0.25, 0.3) is 0 Å². The van der Waals surface area contributed by atoms with E-state index in [9.17, 15) is 10.2 Å². The standard InChI is InChI=1S/C10H16O2/c11-8-6-7-2-5-9(8)3-1-4-10(7,9)12/h7-8,11-12H,1-6H2. The smallest absolute Gasteiger partial charge is 0.0757 e. The Hall–Kier alpha value is -0.0800. The molecule has 0 amide bonds. The van der Waals surface area contributed by atoms with Gasteiger partial charge in [0.05, 0.1) is 11.7 Å². The van der Waals surface area contributed by atoms with Crippen LogP contribution in [0.3, 0.4) is 0 Å². The molecule has 2 N–H and O–H groups in total. The molecule has 0 aromatic carbocycles. The highest BCUT2D eigenvalue weighted by atomic mass is 16.3. The van der Waals surface area contributed by atoms with Crippen molar-refractivity contribution in [2.24, 2.45) is 11.3 Å². The monoisotopic (exact) mass is 168 g/mol. The van der Waals surface area contributed by atoms with Gasteiger partial charge in [-0.25, -0.2) is 0 Å². The number of hydrogen-bond donors (Lipinski definition) is 2. The first-order chi connectivity index (χ1) is 5.69. The highest BCUT2D eigenvalue weighted by molar-refractivity contribution is 5.20. The third kappa shape index (κ3) is 0.521. The molecule has 0 aromatic rings. The normalized spacial score (nSPS) is 62.5. The molecule has 0 aromatic heterocycles. The van der Waals surface area contributed by atoms with E-state index in [0.717, 1.165) is 38.5 Å². The van der Waals surface area contributed by atoms with Gasteiger partial charge in [-0.2, -0.15) is 0 Å². The summed E-state index contributed by atoms with van der Waals surface area (Å²) in [6.07, 6.45) is 5.98. The zero-order valence-electron chi connectivity index (χ0n) is 7.29. The number of hydrogen-bond acceptors (Lipinski definition) is 2. The van der Waals surface area contributed by atoms with Crippen molar-refractivity contribution in [1.82, 2.24) is 0 Å². The number of rotatable bonds is 0. The Labute approximate surface area is 72.6 Å². The molecule has 2 heteroatoms. The molecule has 0 heterocycles. The summed E-state index contributed by atoms with van der Waals surface area (Å²) in [7, 11) is 0. The van der Waals surface area contributed by atoms with Crippen molar-refractivity contribution in [2.75, 3.05) is 0 Å². The zero-order chi connectivity index (χ0) is 8.40. The van der Waals surface area contributed by atoms with Crippen molar-refractivity contribution in [3.8, 4) is 0 Å². The van der Waals surface area contributed by atoms with Gasteiger partial charge in [0.25, 0.3) is 0 Å². The van der Waals surface area contributed by atoms with Crippen molar-refractivity contribution in [3.63, 3.8) is 0 Å². The maximum atomic E-state index is 10.4. The summed E-state index contributed by atoms with van der Waals surface area (Å²) >= 11 is 0. The average Bonchev–Trinajstić information content (AvgIpc) is 2.53. The van der Waals surface area contributed by atoms with Crippen LogP contribution in [0.4, 0.5) is 0 Å². The lowest BCUT2D eigenvalue weighted by molar-refractivity contribution is -0.0693. The minimum absolute atomic E-state index is 0.0718. The van der Waals surface area contributed by atoms with Gasteiger partial charge in [0.1, 0.15) is 0 Å². The molecule has 2 nitrogen and oxygen atoms in total. The number of aliphatic hydroxyl groups is 2. The molecular weight excluding hydrogens is 152 g/mol. The first-order valence-electron chi connectivity index (χ1n) is 5.09. The van der Waals surface area contributed by atoms with E-state index in [0.29, 0.717) is 5.92 Å². The van der Waals surface area contributed by atoms with Crippen LogP contribution < -0.4 is 0 Å². The molecule has 68 valence electrons. The van der Waals surface area contributed by atoms with Gasteiger partial charge in [-0.15, -0.1) is 0 Å². The van der Waals surface area contributed by atoms with Crippen LogP contribution in [0.5, 0.6) is 0 Å². The molecular formula is C10H16O2. The van der Waals surface area contributed by atoms with Crippen LogP contribution in [0.15, 0.2) is 0 Å². The maximum absolute atomic E-state index is 10.4. The van der Waals surface area contributed by atoms with Gasteiger partial charge in [-0.05, 0) is 44.4 Å². The fourth-order valence-electron chi connectivity index (χ4n) is 4.19. The molecule has 3 aliphatic carbocycles. The van der Waals surface area contributed by atoms with E-state index in [2.05, 4.69) is 0 Å². The Morgan fingerprint density at radius 3 is 2.67 bits per heavy atom. The second kappa shape index (κ2) is 1.88. The van der Waals surface area contributed by atoms with Gasteiger partial charge in [-0.3, -0.25) is 0 Å². The van der Waals surface area contributed by atoms with Gasteiger partial charge >= 0.3 is 0 Å². The van der Waals surface area contributed by atoms with E-state index in [-0.39, 0.29) is 11.5 Å². The maximum Gasteiger partial charge on any atom is 0.0757 e.